The summed E-state index contributed by atoms with van der Waals surface area (Å²) in [5.74, 6) is -0.825. The molecule has 0 bridgehead atoms. The van der Waals surface area contributed by atoms with E-state index in [1.54, 1.807) is 0 Å². The quantitative estimate of drug-likeness (QED) is 0.488. The third kappa shape index (κ3) is 2.40. The Morgan fingerprint density at radius 1 is 1.20 bits per heavy atom. The van der Waals surface area contributed by atoms with Gasteiger partial charge in [0.05, 0.1) is 32.3 Å². The zero-order chi connectivity index (χ0) is 14.7. The van der Waals surface area contributed by atoms with Crippen LogP contribution in [-0.4, -0.2) is 48.0 Å². The van der Waals surface area contributed by atoms with Crippen molar-refractivity contribution in [3.63, 3.8) is 0 Å². The number of methoxy groups -OCH3 is 3. The van der Waals surface area contributed by atoms with E-state index < -0.39 is 11.8 Å². The highest BCUT2D eigenvalue weighted by molar-refractivity contribution is 6.13. The van der Waals surface area contributed by atoms with Crippen molar-refractivity contribution in [3.8, 4) is 11.9 Å². The van der Waals surface area contributed by atoms with Crippen molar-refractivity contribution < 1.29 is 23.8 Å². The normalized spacial score (nSPS) is 10.3. The van der Waals surface area contributed by atoms with Gasteiger partial charge in [0.25, 0.3) is 0 Å². The van der Waals surface area contributed by atoms with Crippen LogP contribution in [0, 0.1) is 0 Å². The molecule has 8 nitrogen and oxygen atoms in total. The van der Waals surface area contributed by atoms with Gasteiger partial charge in [0.2, 0.25) is 5.88 Å². The van der Waals surface area contributed by atoms with Crippen LogP contribution in [0.1, 0.15) is 16.8 Å². The molecule has 0 saturated heterocycles. The lowest BCUT2D eigenvalue weighted by Crippen LogP contribution is -2.09. The summed E-state index contributed by atoms with van der Waals surface area (Å²) in [6.07, 6.45) is 1.09. The predicted octanol–water partition coefficient (Wildman–Crippen LogP) is 0.721. The number of nitrogens with one attached hydrogen (secondary N) is 1. The van der Waals surface area contributed by atoms with Gasteiger partial charge >= 0.3 is 12.0 Å². The average molecular weight is 279 g/mol. The van der Waals surface area contributed by atoms with Crippen LogP contribution in [0.25, 0.3) is 11.0 Å². The number of ketones is 1. The molecule has 20 heavy (non-hydrogen) atoms. The number of Topliss-reactive ketones (excluding diaryl/α,β-unsaturated/α-hetero) is 1. The van der Waals surface area contributed by atoms with Crippen molar-refractivity contribution in [3.05, 3.63) is 11.8 Å². The van der Waals surface area contributed by atoms with Gasteiger partial charge < -0.3 is 19.2 Å². The number of hydrogen-bond acceptors (Lipinski definition) is 7. The zero-order valence-corrected chi connectivity index (χ0v) is 11.2. The molecule has 0 aliphatic rings. The molecule has 0 aliphatic heterocycles. The van der Waals surface area contributed by atoms with E-state index in [1.165, 1.54) is 27.5 Å². The SMILES string of the molecule is COC(=O)CC(=O)c1c[nH]c2nc(OC)nc(OC)c12. The maximum atomic E-state index is 12.0. The Hall–Kier alpha value is -2.64. The summed E-state index contributed by atoms with van der Waals surface area (Å²) in [5.41, 5.74) is 0.659. The number of carbonyl (C=O) groups excluding carboxylic acids is 2. The molecule has 2 heterocycles. The Labute approximate surface area is 114 Å². The third-order valence-electron chi connectivity index (χ3n) is 2.69. The Balaban J connectivity index is 2.50. The van der Waals surface area contributed by atoms with Crippen molar-refractivity contribution in [2.24, 2.45) is 0 Å². The summed E-state index contributed by atoms with van der Waals surface area (Å²) in [6, 6.07) is 0.114. The van der Waals surface area contributed by atoms with Gasteiger partial charge in [0, 0.05) is 6.20 Å². The number of nitrogens with zero attached hydrogens (tertiary/aromatic N) is 2. The maximum absolute atomic E-state index is 12.0. The predicted molar refractivity (Wildman–Crippen MR) is 68.0 cm³/mol. The summed E-state index contributed by atoms with van der Waals surface area (Å²) in [5, 5.41) is 0.405. The highest BCUT2D eigenvalue weighted by Gasteiger charge is 2.21. The first-order valence-corrected chi connectivity index (χ1v) is 5.67. The number of hydrogen-bond donors (Lipinski definition) is 1. The van der Waals surface area contributed by atoms with Crippen LogP contribution in [0.3, 0.4) is 0 Å². The van der Waals surface area contributed by atoms with Gasteiger partial charge in [0.1, 0.15) is 12.1 Å². The van der Waals surface area contributed by atoms with Crippen LogP contribution < -0.4 is 9.47 Å². The fraction of sp³-hybridized carbons (Fsp3) is 0.333. The standard InChI is InChI=1S/C12H13N3O5/c1-18-8(17)4-7(16)6-5-13-10-9(6)11(19-2)15-12(14-10)20-3/h5H,4H2,1-3H3,(H,13,14,15). The maximum Gasteiger partial charge on any atom is 0.321 e. The molecule has 0 aromatic carbocycles. The van der Waals surface area contributed by atoms with E-state index in [9.17, 15) is 9.59 Å². The van der Waals surface area contributed by atoms with Gasteiger partial charge in [-0.05, 0) is 0 Å². The molecule has 0 aliphatic carbocycles. The molecule has 0 unspecified atom stereocenters. The highest BCUT2D eigenvalue weighted by atomic mass is 16.5. The number of H-pyrrole nitrogens is 1. The number of carbonyl (C=O) groups is 2. The lowest BCUT2D eigenvalue weighted by Gasteiger charge is -2.05. The fourth-order valence-corrected chi connectivity index (χ4v) is 1.74. The average Bonchev–Trinajstić information content (AvgIpc) is 2.89. The second-order valence-electron chi connectivity index (χ2n) is 3.82. The van der Waals surface area contributed by atoms with Gasteiger partial charge in [-0.1, -0.05) is 0 Å². The van der Waals surface area contributed by atoms with E-state index in [4.69, 9.17) is 9.47 Å². The molecular weight excluding hydrogens is 266 g/mol. The monoisotopic (exact) mass is 279 g/mol. The first kappa shape index (κ1) is 13.8. The Morgan fingerprint density at radius 3 is 2.55 bits per heavy atom. The van der Waals surface area contributed by atoms with Crippen molar-refractivity contribution in [2.75, 3.05) is 21.3 Å². The molecule has 2 aromatic heterocycles. The van der Waals surface area contributed by atoms with Crippen molar-refractivity contribution in [1.82, 2.24) is 15.0 Å². The third-order valence-corrected chi connectivity index (χ3v) is 2.69. The lowest BCUT2D eigenvalue weighted by molar-refractivity contribution is -0.139. The molecule has 106 valence electrons. The van der Waals surface area contributed by atoms with Crippen molar-refractivity contribution >= 4 is 22.8 Å². The molecule has 2 aromatic rings. The molecule has 0 spiro atoms. The van der Waals surface area contributed by atoms with Gasteiger partial charge in [-0.2, -0.15) is 9.97 Å². The van der Waals surface area contributed by atoms with E-state index in [0.29, 0.717) is 11.0 Å². The molecule has 2 rings (SSSR count). The first-order valence-electron chi connectivity index (χ1n) is 5.67. The largest absolute Gasteiger partial charge is 0.480 e. The van der Waals surface area contributed by atoms with E-state index in [2.05, 4.69) is 19.7 Å². The first-order chi connectivity index (χ1) is 9.60. The number of aromatic nitrogens is 3. The molecule has 0 saturated carbocycles. The van der Waals surface area contributed by atoms with Gasteiger partial charge in [-0.3, -0.25) is 9.59 Å². The fourth-order valence-electron chi connectivity index (χ4n) is 1.74. The number of rotatable bonds is 5. The second kappa shape index (κ2) is 5.55. The molecule has 0 radical (unpaired) electrons. The number of fused-ring (bicyclic) bond motifs is 1. The molecule has 0 atom stereocenters. The van der Waals surface area contributed by atoms with Gasteiger partial charge in [-0.25, -0.2) is 0 Å². The molecule has 1 N–H and O–H groups in total. The van der Waals surface area contributed by atoms with E-state index in [-0.39, 0.29) is 23.9 Å². The summed E-state index contributed by atoms with van der Waals surface area (Å²) in [6.45, 7) is 0. The van der Waals surface area contributed by atoms with Gasteiger partial charge in [0.15, 0.2) is 5.78 Å². The van der Waals surface area contributed by atoms with Gasteiger partial charge in [-0.15, -0.1) is 0 Å². The van der Waals surface area contributed by atoms with E-state index in [1.807, 2.05) is 0 Å². The highest BCUT2D eigenvalue weighted by Crippen LogP contribution is 2.28. The minimum absolute atomic E-state index is 0.114. The van der Waals surface area contributed by atoms with Crippen LogP contribution in [0.15, 0.2) is 6.20 Å². The molecule has 8 heteroatoms. The minimum atomic E-state index is -0.613. The molecule has 0 fully saturated rings. The van der Waals surface area contributed by atoms with E-state index >= 15 is 0 Å². The number of esters is 1. The lowest BCUT2D eigenvalue weighted by atomic mass is 10.1. The van der Waals surface area contributed by atoms with Crippen molar-refractivity contribution in [2.45, 2.75) is 6.42 Å². The Morgan fingerprint density at radius 2 is 1.95 bits per heavy atom. The molecule has 0 amide bonds. The van der Waals surface area contributed by atoms with Crippen LogP contribution in [0.5, 0.6) is 11.9 Å². The van der Waals surface area contributed by atoms with E-state index in [0.717, 1.165) is 0 Å². The second-order valence-corrected chi connectivity index (χ2v) is 3.82. The van der Waals surface area contributed by atoms with Crippen LogP contribution in [0.2, 0.25) is 0 Å². The number of aromatic amines is 1. The smallest absolute Gasteiger partial charge is 0.321 e. The van der Waals surface area contributed by atoms with Crippen LogP contribution in [-0.2, 0) is 9.53 Å². The van der Waals surface area contributed by atoms with Crippen LogP contribution >= 0.6 is 0 Å². The summed E-state index contributed by atoms with van der Waals surface area (Å²) in [4.78, 5) is 34.1. The Bertz CT molecular complexity index is 664. The summed E-state index contributed by atoms with van der Waals surface area (Å²) >= 11 is 0. The minimum Gasteiger partial charge on any atom is -0.480 e. The summed E-state index contributed by atoms with van der Waals surface area (Å²) < 4.78 is 14.5. The summed E-state index contributed by atoms with van der Waals surface area (Å²) in [7, 11) is 4.06. The Kier molecular flexibility index (Phi) is 3.83. The van der Waals surface area contributed by atoms with Crippen LogP contribution in [0.4, 0.5) is 0 Å². The topological polar surface area (TPSA) is 103 Å². The van der Waals surface area contributed by atoms with Crippen molar-refractivity contribution in [1.29, 1.82) is 0 Å². The molecular formula is C12H13N3O5. The zero-order valence-electron chi connectivity index (χ0n) is 11.2. The number of ether oxygens (including phenoxy) is 3.